The zero-order valence-corrected chi connectivity index (χ0v) is 12.7. The lowest BCUT2D eigenvalue weighted by Crippen LogP contribution is -2.26. The van der Waals surface area contributed by atoms with Gasteiger partial charge in [-0.25, -0.2) is 17.6 Å². The van der Waals surface area contributed by atoms with Gasteiger partial charge in [0.2, 0.25) is 0 Å². The predicted molar refractivity (Wildman–Crippen MR) is 80.5 cm³/mol. The largest absolute Gasteiger partial charge is 0.525 e. The molecule has 0 radical (unpaired) electrons. The van der Waals surface area contributed by atoms with Gasteiger partial charge in [0.05, 0.1) is 16.0 Å². The van der Waals surface area contributed by atoms with Crippen LogP contribution in [0.2, 0.25) is 0 Å². The summed E-state index contributed by atoms with van der Waals surface area (Å²) in [6, 6.07) is 2.92. The lowest BCUT2D eigenvalue weighted by molar-refractivity contribution is 0.563. The van der Waals surface area contributed by atoms with Crippen LogP contribution in [0.4, 0.5) is 17.6 Å². The maximum absolute atomic E-state index is 14.8. The fourth-order valence-electron chi connectivity index (χ4n) is 3.08. The van der Waals surface area contributed by atoms with Crippen molar-refractivity contribution in [2.24, 2.45) is 0 Å². The van der Waals surface area contributed by atoms with Crippen molar-refractivity contribution >= 4 is 11.7 Å². The van der Waals surface area contributed by atoms with Crippen LogP contribution < -0.4 is 10.4 Å². The van der Waals surface area contributed by atoms with Crippen molar-refractivity contribution in [3.8, 4) is 12.1 Å². The van der Waals surface area contributed by atoms with Gasteiger partial charge < -0.3 is 0 Å². The molecule has 4 nitrogen and oxygen atoms in total. The highest BCUT2D eigenvalue weighted by molar-refractivity contribution is 5.74. The number of hydrogen-bond acceptors (Lipinski definition) is 2. The third kappa shape index (κ3) is 2.04. The maximum Gasteiger partial charge on any atom is 0.525 e. The molecular weight excluding hydrogens is 348 g/mol. The molecule has 0 fully saturated rings. The standard InChI is InChI=1S/C18H4F4N4/c1-25-18(26-2)11-4-10-13(17(11)22)15(20)9-3-8(7(5-23)6-24)14(19)12(9)16(10)21/h3-4H2. The Kier molecular flexibility index (Phi) is 3.84. The SMILES string of the molecule is [C-]#[N+]C([N+]#[C-])=C1Cc2c(F)c3c(c(F)c2=C1F)CC(=C(C#N)C#N)C=3F. The maximum atomic E-state index is 14.8. The van der Waals surface area contributed by atoms with E-state index in [0.29, 0.717) is 0 Å². The van der Waals surface area contributed by atoms with Gasteiger partial charge in [0.25, 0.3) is 0 Å². The molecule has 0 atom stereocenters. The minimum absolute atomic E-state index is 0.447. The molecule has 0 saturated heterocycles. The molecule has 2 aliphatic rings. The third-order valence-corrected chi connectivity index (χ3v) is 4.26. The van der Waals surface area contributed by atoms with Gasteiger partial charge in [0.1, 0.15) is 54.1 Å². The first-order valence-corrected chi connectivity index (χ1v) is 7.01. The van der Waals surface area contributed by atoms with Crippen molar-refractivity contribution in [2.75, 3.05) is 0 Å². The van der Waals surface area contributed by atoms with Crippen molar-refractivity contribution < 1.29 is 17.6 Å². The number of halogens is 4. The third-order valence-electron chi connectivity index (χ3n) is 4.26. The van der Waals surface area contributed by atoms with Crippen LogP contribution in [-0.2, 0) is 12.8 Å². The van der Waals surface area contributed by atoms with Crippen molar-refractivity contribution in [3.05, 3.63) is 78.6 Å². The van der Waals surface area contributed by atoms with E-state index in [-0.39, 0.29) is 0 Å². The van der Waals surface area contributed by atoms with Crippen LogP contribution in [0.3, 0.4) is 0 Å². The lowest BCUT2D eigenvalue weighted by Gasteiger charge is -2.03. The molecule has 3 rings (SSSR count). The Bertz CT molecular complexity index is 1120. The van der Waals surface area contributed by atoms with Crippen LogP contribution in [-0.4, -0.2) is 0 Å². The molecule has 1 aromatic carbocycles. The number of rotatable bonds is 0. The second kappa shape index (κ2) is 5.88. The molecule has 0 bridgehead atoms. The molecule has 0 spiro atoms. The second-order valence-corrected chi connectivity index (χ2v) is 5.42. The van der Waals surface area contributed by atoms with E-state index in [1.807, 2.05) is 0 Å². The van der Waals surface area contributed by atoms with Gasteiger partial charge in [-0.2, -0.15) is 20.2 Å². The Labute approximate surface area is 144 Å². The summed E-state index contributed by atoms with van der Waals surface area (Å²) in [4.78, 5) is 5.69. The molecule has 0 unspecified atom stereocenters. The van der Waals surface area contributed by atoms with Gasteiger partial charge in [-0.1, -0.05) is 0 Å². The molecule has 0 aromatic heterocycles. The molecule has 26 heavy (non-hydrogen) atoms. The van der Waals surface area contributed by atoms with Crippen LogP contribution in [0.15, 0.2) is 22.5 Å². The molecule has 2 aliphatic carbocycles. The van der Waals surface area contributed by atoms with E-state index < -0.39 is 80.2 Å². The van der Waals surface area contributed by atoms with E-state index >= 15 is 0 Å². The van der Waals surface area contributed by atoms with Crippen LogP contribution in [0.25, 0.3) is 21.3 Å². The summed E-state index contributed by atoms with van der Waals surface area (Å²) in [7, 11) is 0. The summed E-state index contributed by atoms with van der Waals surface area (Å²) < 4.78 is 58.7. The van der Waals surface area contributed by atoms with Crippen LogP contribution >= 0.6 is 0 Å². The Balaban J connectivity index is 2.45. The highest BCUT2D eigenvalue weighted by atomic mass is 19.1. The summed E-state index contributed by atoms with van der Waals surface area (Å²) >= 11 is 0. The molecule has 0 heterocycles. The molecule has 1 aromatic rings. The minimum Gasteiger partial charge on any atom is -0.207 e. The van der Waals surface area contributed by atoms with Gasteiger partial charge in [-0.05, 0) is 0 Å². The predicted octanol–water partition coefficient (Wildman–Crippen LogP) is 2.63. The number of hydrogen-bond donors (Lipinski definition) is 0. The Hall–Kier alpha value is -3.88. The molecular formula is C18H4F4N4. The second-order valence-electron chi connectivity index (χ2n) is 5.42. The van der Waals surface area contributed by atoms with Crippen molar-refractivity contribution in [2.45, 2.75) is 12.8 Å². The summed E-state index contributed by atoms with van der Waals surface area (Å²) in [5.74, 6) is -5.58. The smallest absolute Gasteiger partial charge is 0.207 e. The molecule has 0 aliphatic heterocycles. The number of nitrogens with zero attached hydrogens (tertiary/aromatic N) is 4. The number of allylic oxidation sites excluding steroid dienone is 3. The topological polar surface area (TPSA) is 56.3 Å². The lowest BCUT2D eigenvalue weighted by atomic mass is 10.0. The van der Waals surface area contributed by atoms with Gasteiger partial charge in [0, 0.05) is 29.5 Å². The van der Waals surface area contributed by atoms with Crippen LogP contribution in [0, 0.1) is 47.4 Å². The van der Waals surface area contributed by atoms with Crippen molar-refractivity contribution in [1.29, 1.82) is 10.5 Å². The Morgan fingerprint density at radius 2 is 1.23 bits per heavy atom. The summed E-state index contributed by atoms with van der Waals surface area (Å²) in [5, 5.41) is 16.2. The normalized spacial score (nSPS) is 14.2. The average Bonchev–Trinajstić information content (AvgIpc) is 3.15. The fourth-order valence-corrected chi connectivity index (χ4v) is 3.08. The first-order valence-electron chi connectivity index (χ1n) is 7.01. The minimum atomic E-state index is -1.24. The summed E-state index contributed by atoms with van der Waals surface area (Å²) in [6.07, 6.45) is -1.13. The highest BCUT2D eigenvalue weighted by Gasteiger charge is 2.36. The zero-order chi connectivity index (χ0) is 19.2. The summed E-state index contributed by atoms with van der Waals surface area (Å²) in [6.45, 7) is 13.7. The van der Waals surface area contributed by atoms with Gasteiger partial charge in [-0.3, -0.25) is 0 Å². The van der Waals surface area contributed by atoms with Crippen LogP contribution in [0.5, 0.6) is 0 Å². The molecule has 124 valence electrons. The van der Waals surface area contributed by atoms with Crippen molar-refractivity contribution in [1.82, 2.24) is 0 Å². The monoisotopic (exact) mass is 352 g/mol. The first-order chi connectivity index (χ1) is 12.4. The average molecular weight is 352 g/mol. The molecule has 0 saturated carbocycles. The van der Waals surface area contributed by atoms with Gasteiger partial charge >= 0.3 is 5.82 Å². The van der Waals surface area contributed by atoms with E-state index in [1.54, 1.807) is 0 Å². The Morgan fingerprint density at radius 3 is 1.65 bits per heavy atom. The van der Waals surface area contributed by atoms with Crippen molar-refractivity contribution in [3.63, 3.8) is 0 Å². The zero-order valence-electron chi connectivity index (χ0n) is 12.7. The first kappa shape index (κ1) is 17.0. The van der Waals surface area contributed by atoms with E-state index in [9.17, 15) is 17.6 Å². The quantitative estimate of drug-likeness (QED) is 0.409. The van der Waals surface area contributed by atoms with E-state index in [1.165, 1.54) is 12.1 Å². The van der Waals surface area contributed by atoms with E-state index in [0.717, 1.165) is 0 Å². The summed E-state index contributed by atoms with van der Waals surface area (Å²) in [5.41, 5.74) is -2.51. The highest BCUT2D eigenvalue weighted by Crippen LogP contribution is 2.32. The number of fused-ring (bicyclic) bond motifs is 2. The molecule has 0 N–H and O–H groups in total. The van der Waals surface area contributed by atoms with Crippen LogP contribution in [0.1, 0.15) is 11.1 Å². The molecule has 0 amide bonds. The number of nitriles is 2. The fraction of sp³-hybridized carbons (Fsp3) is 0.111. The van der Waals surface area contributed by atoms with E-state index in [4.69, 9.17) is 23.7 Å². The van der Waals surface area contributed by atoms with E-state index in [2.05, 4.69) is 9.69 Å². The number of benzene rings is 1. The Morgan fingerprint density at radius 1 is 0.808 bits per heavy atom. The van der Waals surface area contributed by atoms with Gasteiger partial charge in [-0.15, -0.1) is 0 Å². The molecule has 8 heteroatoms. The van der Waals surface area contributed by atoms with Gasteiger partial charge in [0.15, 0.2) is 0 Å².